The number of aromatic nitrogens is 1. The van der Waals surface area contributed by atoms with Crippen molar-refractivity contribution >= 4 is 15.8 Å². The minimum Gasteiger partial charge on any atom is -0.379 e. The lowest BCUT2D eigenvalue weighted by Gasteiger charge is -2.26. The number of pyridine rings is 1. The maximum Gasteiger partial charge on any atom is 0.274 e. The van der Waals surface area contributed by atoms with E-state index < -0.39 is 10.0 Å². The molecule has 122 valence electrons. The number of piperidine rings is 1. The van der Waals surface area contributed by atoms with E-state index in [2.05, 4.69) is 16.8 Å². The van der Waals surface area contributed by atoms with Gasteiger partial charge in [0.2, 0.25) is 10.0 Å². The Hall–Kier alpha value is -1.18. The Morgan fingerprint density at radius 3 is 2.41 bits per heavy atom. The van der Waals surface area contributed by atoms with Gasteiger partial charge in [-0.25, -0.2) is 13.4 Å². The third-order valence-corrected chi connectivity index (χ3v) is 6.39. The lowest BCUT2D eigenvalue weighted by atomic mass is 9.99. The minimum absolute atomic E-state index is 0.323. The fourth-order valence-electron chi connectivity index (χ4n) is 2.95. The minimum atomic E-state index is -3.41. The molecule has 0 atom stereocenters. The summed E-state index contributed by atoms with van der Waals surface area (Å²) in [6.45, 7) is 6.10. The van der Waals surface area contributed by atoms with Gasteiger partial charge in [0.1, 0.15) is 11.1 Å². The number of nitrogens with one attached hydrogen (secondary N) is 1. The third kappa shape index (κ3) is 3.26. The highest BCUT2D eigenvalue weighted by molar-refractivity contribution is 7.89. The highest BCUT2D eigenvalue weighted by Gasteiger charge is 2.28. The normalized spacial score (nSPS) is 22.0. The molecule has 0 aliphatic carbocycles. The van der Waals surface area contributed by atoms with Crippen LogP contribution in [0.15, 0.2) is 23.2 Å². The number of morpholine rings is 1. The topological polar surface area (TPSA) is 64.0 Å². The molecule has 2 saturated heterocycles. The van der Waals surface area contributed by atoms with Gasteiger partial charge in [-0.2, -0.15) is 4.31 Å². The van der Waals surface area contributed by atoms with Gasteiger partial charge in [0.15, 0.2) is 0 Å². The average molecular weight is 326 g/mol. The van der Waals surface area contributed by atoms with Crippen molar-refractivity contribution in [1.82, 2.24) is 4.31 Å². The zero-order valence-electron chi connectivity index (χ0n) is 13.0. The molecule has 0 saturated carbocycles. The van der Waals surface area contributed by atoms with Crippen molar-refractivity contribution in [3.63, 3.8) is 0 Å². The molecule has 0 amide bonds. The second kappa shape index (κ2) is 6.52. The molecule has 1 aromatic rings. The summed E-state index contributed by atoms with van der Waals surface area (Å²) in [5.41, 5.74) is 0. The van der Waals surface area contributed by atoms with Crippen LogP contribution in [0.5, 0.6) is 0 Å². The van der Waals surface area contributed by atoms with E-state index in [0.29, 0.717) is 31.2 Å². The van der Waals surface area contributed by atoms with Crippen LogP contribution in [0.25, 0.3) is 0 Å². The molecule has 3 heterocycles. The van der Waals surface area contributed by atoms with Crippen LogP contribution in [-0.2, 0) is 14.8 Å². The van der Waals surface area contributed by atoms with Crippen LogP contribution >= 0.6 is 0 Å². The van der Waals surface area contributed by atoms with Gasteiger partial charge in [0, 0.05) is 19.2 Å². The Labute approximate surface area is 132 Å². The summed E-state index contributed by atoms with van der Waals surface area (Å²) in [6, 6.07) is 3.58. The Balaban J connectivity index is 1.73. The number of nitrogens with zero attached hydrogens (tertiary/aromatic N) is 2. The molecule has 0 bridgehead atoms. The summed E-state index contributed by atoms with van der Waals surface area (Å²) in [5.74, 6) is 1.77. The standard InChI is InChI=1S/C15H23N3O3S/c1-13-4-6-17(7-5-13)15-3-2-14(12-16-15)22(19,20)18-8-10-21-11-9-18/h2-3,12-13H,4-11H2,1H3/p+1. The summed E-state index contributed by atoms with van der Waals surface area (Å²) in [6.07, 6.45) is 3.97. The van der Waals surface area contributed by atoms with Crippen LogP contribution in [-0.4, -0.2) is 52.1 Å². The SMILES string of the molecule is CC1CCN(c2ccc(S(=O)(=O)N3CCOCC3)c[nH+]2)CC1. The summed E-state index contributed by atoms with van der Waals surface area (Å²) in [4.78, 5) is 5.76. The fourth-order valence-corrected chi connectivity index (χ4v) is 4.32. The number of ether oxygens (including phenoxy) is 1. The molecule has 2 aliphatic rings. The van der Waals surface area contributed by atoms with Crippen LogP contribution in [0.4, 0.5) is 5.82 Å². The summed E-state index contributed by atoms with van der Waals surface area (Å²) in [7, 11) is -3.41. The Bertz CT molecular complexity index is 589. The van der Waals surface area contributed by atoms with Gasteiger partial charge in [-0.15, -0.1) is 0 Å². The molecule has 0 unspecified atom stereocenters. The molecule has 3 rings (SSSR count). The van der Waals surface area contributed by atoms with E-state index in [1.807, 2.05) is 6.07 Å². The molecule has 22 heavy (non-hydrogen) atoms. The first-order valence-corrected chi connectivity index (χ1v) is 9.36. The monoisotopic (exact) mass is 326 g/mol. The second-order valence-electron chi connectivity index (χ2n) is 6.10. The van der Waals surface area contributed by atoms with Crippen LogP contribution in [0.2, 0.25) is 0 Å². The van der Waals surface area contributed by atoms with Crippen molar-refractivity contribution in [2.24, 2.45) is 5.92 Å². The molecular formula is C15H24N3O3S+. The molecule has 1 N–H and O–H groups in total. The lowest BCUT2D eigenvalue weighted by molar-refractivity contribution is -0.367. The summed E-state index contributed by atoms with van der Waals surface area (Å²) in [5, 5.41) is 0. The van der Waals surface area contributed by atoms with Crippen molar-refractivity contribution in [2.45, 2.75) is 24.7 Å². The van der Waals surface area contributed by atoms with Crippen LogP contribution in [0.1, 0.15) is 19.8 Å². The molecule has 0 spiro atoms. The van der Waals surface area contributed by atoms with E-state index in [-0.39, 0.29) is 0 Å². The van der Waals surface area contributed by atoms with Crippen molar-refractivity contribution in [3.8, 4) is 0 Å². The van der Waals surface area contributed by atoms with Crippen molar-refractivity contribution < 1.29 is 18.1 Å². The fraction of sp³-hybridized carbons (Fsp3) is 0.667. The van der Waals surface area contributed by atoms with Gasteiger partial charge >= 0.3 is 0 Å². The van der Waals surface area contributed by atoms with Gasteiger partial charge in [0.25, 0.3) is 5.82 Å². The number of anilines is 1. The van der Waals surface area contributed by atoms with Gasteiger partial charge in [-0.1, -0.05) is 6.92 Å². The van der Waals surface area contributed by atoms with Gasteiger partial charge in [0.05, 0.1) is 26.3 Å². The molecule has 1 aromatic heterocycles. The average Bonchev–Trinajstić information content (AvgIpc) is 2.56. The van der Waals surface area contributed by atoms with E-state index >= 15 is 0 Å². The van der Waals surface area contributed by atoms with Gasteiger partial charge in [-0.05, 0) is 24.8 Å². The van der Waals surface area contributed by atoms with Gasteiger partial charge in [-0.3, -0.25) is 4.90 Å². The van der Waals surface area contributed by atoms with Crippen LogP contribution < -0.4 is 9.88 Å². The molecule has 7 heteroatoms. The van der Waals surface area contributed by atoms with E-state index in [0.717, 1.165) is 24.8 Å². The number of H-pyrrole nitrogens is 1. The molecular weight excluding hydrogens is 302 g/mol. The summed E-state index contributed by atoms with van der Waals surface area (Å²) >= 11 is 0. The number of aromatic amines is 1. The molecule has 0 radical (unpaired) electrons. The van der Waals surface area contributed by atoms with Crippen molar-refractivity contribution in [3.05, 3.63) is 18.3 Å². The van der Waals surface area contributed by atoms with Gasteiger partial charge < -0.3 is 4.74 Å². The molecule has 0 aromatic carbocycles. The molecule has 2 fully saturated rings. The summed E-state index contributed by atoms with van der Waals surface area (Å²) < 4.78 is 31.8. The first-order chi connectivity index (χ1) is 10.6. The van der Waals surface area contributed by atoms with E-state index in [9.17, 15) is 8.42 Å². The molecule has 6 nitrogen and oxygen atoms in total. The first-order valence-electron chi connectivity index (χ1n) is 7.92. The lowest BCUT2D eigenvalue weighted by Crippen LogP contribution is -2.41. The predicted molar refractivity (Wildman–Crippen MR) is 83.2 cm³/mol. The smallest absolute Gasteiger partial charge is 0.274 e. The first kappa shape index (κ1) is 15.7. The third-order valence-electron chi connectivity index (χ3n) is 4.50. The zero-order valence-corrected chi connectivity index (χ0v) is 13.8. The van der Waals surface area contributed by atoms with Crippen LogP contribution in [0, 0.1) is 5.92 Å². The highest BCUT2D eigenvalue weighted by Crippen LogP contribution is 2.21. The Morgan fingerprint density at radius 1 is 1.14 bits per heavy atom. The largest absolute Gasteiger partial charge is 0.379 e. The zero-order chi connectivity index (χ0) is 15.6. The second-order valence-corrected chi connectivity index (χ2v) is 8.03. The highest BCUT2D eigenvalue weighted by atomic mass is 32.2. The number of hydrogen-bond donors (Lipinski definition) is 0. The Kier molecular flexibility index (Phi) is 4.65. The van der Waals surface area contributed by atoms with Crippen molar-refractivity contribution in [1.29, 1.82) is 0 Å². The molecule has 2 aliphatic heterocycles. The van der Waals surface area contributed by atoms with E-state index in [1.165, 1.54) is 17.1 Å². The number of sulfonamides is 1. The number of rotatable bonds is 3. The van der Waals surface area contributed by atoms with E-state index in [4.69, 9.17) is 4.74 Å². The maximum absolute atomic E-state index is 12.6. The number of hydrogen-bond acceptors (Lipinski definition) is 4. The Morgan fingerprint density at radius 2 is 1.82 bits per heavy atom. The predicted octanol–water partition coefficient (Wildman–Crippen LogP) is 0.758. The van der Waals surface area contributed by atoms with Crippen molar-refractivity contribution in [2.75, 3.05) is 44.3 Å². The quantitative estimate of drug-likeness (QED) is 0.822. The van der Waals surface area contributed by atoms with E-state index in [1.54, 1.807) is 12.3 Å². The maximum atomic E-state index is 12.6. The van der Waals surface area contributed by atoms with Crippen LogP contribution in [0.3, 0.4) is 0 Å².